The minimum Gasteiger partial charge on any atom is -0.354 e. The van der Waals surface area contributed by atoms with Crippen molar-refractivity contribution in [3.05, 3.63) is 51.6 Å². The molecule has 3 aromatic heterocycles. The van der Waals surface area contributed by atoms with Crippen molar-refractivity contribution in [1.82, 2.24) is 25.1 Å². The predicted octanol–water partition coefficient (Wildman–Crippen LogP) is 4.59. The fraction of sp³-hybridized carbons (Fsp3) is 0.263. The van der Waals surface area contributed by atoms with Crippen LogP contribution < -0.4 is 5.32 Å². The normalized spacial score (nSPS) is 12.3. The van der Waals surface area contributed by atoms with Crippen LogP contribution in [-0.2, 0) is 11.2 Å². The highest BCUT2D eigenvalue weighted by Crippen LogP contribution is 2.25. The summed E-state index contributed by atoms with van der Waals surface area (Å²) in [5.41, 5.74) is 1.04. The fourth-order valence-electron chi connectivity index (χ4n) is 2.99. The van der Waals surface area contributed by atoms with Gasteiger partial charge in [-0.25, -0.2) is 4.98 Å². The molecule has 6 nitrogen and oxygen atoms in total. The van der Waals surface area contributed by atoms with Gasteiger partial charge < -0.3 is 5.32 Å². The number of fused-ring (bicyclic) bond motifs is 1. The lowest BCUT2D eigenvalue weighted by Crippen LogP contribution is -2.32. The highest BCUT2D eigenvalue weighted by Gasteiger charge is 2.21. The fourth-order valence-corrected chi connectivity index (χ4v) is 5.00. The Bertz CT molecular complexity index is 1110. The highest BCUT2D eigenvalue weighted by atomic mass is 32.1. The first-order valence-corrected chi connectivity index (χ1v) is 11.1. The van der Waals surface area contributed by atoms with E-state index in [0.29, 0.717) is 17.1 Å². The molecule has 0 fully saturated rings. The van der Waals surface area contributed by atoms with Gasteiger partial charge in [0.05, 0.1) is 20.1 Å². The van der Waals surface area contributed by atoms with Gasteiger partial charge >= 0.3 is 0 Å². The minimum absolute atomic E-state index is 0.0698. The van der Waals surface area contributed by atoms with Gasteiger partial charge in [0.15, 0.2) is 10.6 Å². The molecule has 0 saturated carbocycles. The highest BCUT2D eigenvalue weighted by molar-refractivity contribution is 7.71. The van der Waals surface area contributed by atoms with E-state index in [0.717, 1.165) is 28.2 Å². The number of nitrogens with zero attached hydrogens (tertiary/aromatic N) is 3. The van der Waals surface area contributed by atoms with E-state index in [-0.39, 0.29) is 5.91 Å². The molecule has 1 amide bonds. The summed E-state index contributed by atoms with van der Waals surface area (Å²) in [5.74, 6) is 0.622. The molecule has 0 aliphatic carbocycles. The third kappa shape index (κ3) is 3.91. The minimum atomic E-state index is -0.439. The van der Waals surface area contributed by atoms with Gasteiger partial charge in [-0.3, -0.25) is 14.5 Å². The Morgan fingerprint density at radius 1 is 1.32 bits per heavy atom. The van der Waals surface area contributed by atoms with Crippen LogP contribution in [0.1, 0.15) is 24.4 Å². The lowest BCUT2D eigenvalue weighted by molar-refractivity contribution is -0.123. The molecule has 1 atom stereocenters. The number of aryl methyl sites for hydroxylation is 1. The summed E-state index contributed by atoms with van der Waals surface area (Å²) in [6, 6.07) is 11.6. The summed E-state index contributed by atoms with van der Waals surface area (Å²) >= 11 is 8.61. The topological polar surface area (TPSA) is 75.6 Å². The zero-order chi connectivity index (χ0) is 19.5. The first kappa shape index (κ1) is 19.0. The molecule has 0 radical (unpaired) electrons. The quantitative estimate of drug-likeness (QED) is 0.333. The van der Waals surface area contributed by atoms with Crippen molar-refractivity contribution in [2.75, 3.05) is 6.54 Å². The zero-order valence-corrected chi connectivity index (χ0v) is 17.7. The van der Waals surface area contributed by atoms with Crippen LogP contribution >= 0.6 is 34.9 Å². The Morgan fingerprint density at radius 3 is 2.96 bits per heavy atom. The van der Waals surface area contributed by atoms with Gasteiger partial charge in [0, 0.05) is 13.0 Å². The molecule has 3 heterocycles. The van der Waals surface area contributed by atoms with Crippen molar-refractivity contribution in [2.45, 2.75) is 25.8 Å². The number of carbonyl (C=O) groups is 1. The maximum absolute atomic E-state index is 12.6. The second kappa shape index (κ2) is 8.34. The number of rotatable bonds is 7. The number of aromatic amines is 1. The number of aromatic nitrogens is 4. The van der Waals surface area contributed by atoms with Crippen LogP contribution in [0.3, 0.4) is 0 Å². The van der Waals surface area contributed by atoms with E-state index in [4.69, 9.17) is 12.2 Å². The monoisotopic (exact) mass is 429 g/mol. The number of thiazole rings is 1. The van der Waals surface area contributed by atoms with Crippen molar-refractivity contribution < 1.29 is 4.79 Å². The Hall–Kier alpha value is -2.36. The van der Waals surface area contributed by atoms with Crippen LogP contribution in [0.5, 0.6) is 0 Å². The Morgan fingerprint density at radius 2 is 2.18 bits per heavy atom. The van der Waals surface area contributed by atoms with Gasteiger partial charge in [-0.1, -0.05) is 18.2 Å². The molecule has 4 rings (SSSR count). The van der Waals surface area contributed by atoms with E-state index in [1.165, 1.54) is 4.70 Å². The predicted molar refractivity (Wildman–Crippen MR) is 116 cm³/mol. The average Bonchev–Trinajstić information content (AvgIpc) is 3.43. The largest absolute Gasteiger partial charge is 0.354 e. The molecule has 144 valence electrons. The number of amides is 1. The SMILES string of the molecule is CC(C(=O)NCCCc1nc2ccccc2s1)n1c(-c2cccs2)n[nH]c1=S. The molecule has 9 heteroatoms. The maximum atomic E-state index is 12.6. The molecule has 0 spiro atoms. The van der Waals surface area contributed by atoms with Crippen LogP contribution in [0.25, 0.3) is 20.9 Å². The molecule has 1 unspecified atom stereocenters. The zero-order valence-electron chi connectivity index (χ0n) is 15.2. The third-order valence-electron chi connectivity index (χ3n) is 4.42. The summed E-state index contributed by atoms with van der Waals surface area (Å²) in [5, 5.41) is 13.2. The lowest BCUT2D eigenvalue weighted by atomic mass is 10.2. The molecule has 4 aromatic rings. The van der Waals surface area contributed by atoms with Crippen molar-refractivity contribution >= 4 is 51.0 Å². The Balaban J connectivity index is 1.35. The van der Waals surface area contributed by atoms with E-state index in [2.05, 4.69) is 26.6 Å². The summed E-state index contributed by atoms with van der Waals surface area (Å²) in [7, 11) is 0. The van der Waals surface area contributed by atoms with Gasteiger partial charge in [0.2, 0.25) is 5.91 Å². The van der Waals surface area contributed by atoms with Gasteiger partial charge in [-0.15, -0.1) is 22.7 Å². The second-order valence-electron chi connectivity index (χ2n) is 6.35. The summed E-state index contributed by atoms with van der Waals surface area (Å²) in [4.78, 5) is 18.2. The van der Waals surface area contributed by atoms with Crippen molar-refractivity contribution in [2.24, 2.45) is 0 Å². The van der Waals surface area contributed by atoms with Crippen molar-refractivity contribution in [1.29, 1.82) is 0 Å². The average molecular weight is 430 g/mol. The number of hydrogen-bond donors (Lipinski definition) is 2. The summed E-state index contributed by atoms with van der Waals surface area (Å²) < 4.78 is 3.41. The maximum Gasteiger partial charge on any atom is 0.242 e. The van der Waals surface area contributed by atoms with Gasteiger partial charge in [0.1, 0.15) is 6.04 Å². The number of benzene rings is 1. The molecule has 2 N–H and O–H groups in total. The molecular formula is C19H19N5OS3. The van der Waals surface area contributed by atoms with Gasteiger partial charge in [-0.2, -0.15) is 5.10 Å². The first-order valence-electron chi connectivity index (χ1n) is 8.96. The van der Waals surface area contributed by atoms with E-state index in [9.17, 15) is 4.79 Å². The number of para-hydroxylation sites is 1. The van der Waals surface area contributed by atoms with Crippen LogP contribution in [0.4, 0.5) is 0 Å². The van der Waals surface area contributed by atoms with E-state index in [1.807, 2.05) is 42.6 Å². The van der Waals surface area contributed by atoms with E-state index in [1.54, 1.807) is 27.2 Å². The van der Waals surface area contributed by atoms with Gasteiger partial charge in [0.25, 0.3) is 0 Å². The third-order valence-corrected chi connectivity index (χ3v) is 6.67. The van der Waals surface area contributed by atoms with E-state index < -0.39 is 6.04 Å². The van der Waals surface area contributed by atoms with Crippen molar-refractivity contribution in [3.63, 3.8) is 0 Å². The summed E-state index contributed by atoms with van der Waals surface area (Å²) in [6.45, 7) is 2.43. The number of carbonyl (C=O) groups excluding carboxylic acids is 1. The Kier molecular flexibility index (Phi) is 5.65. The first-order chi connectivity index (χ1) is 13.6. The summed E-state index contributed by atoms with van der Waals surface area (Å²) in [6.07, 6.45) is 1.69. The molecule has 0 bridgehead atoms. The smallest absolute Gasteiger partial charge is 0.242 e. The second-order valence-corrected chi connectivity index (χ2v) is 8.80. The Labute approximate surface area is 175 Å². The molecule has 0 saturated heterocycles. The lowest BCUT2D eigenvalue weighted by Gasteiger charge is -2.15. The van der Waals surface area contributed by atoms with Crippen LogP contribution in [0, 0.1) is 4.77 Å². The number of nitrogens with one attached hydrogen (secondary N) is 2. The standard InChI is InChI=1S/C19H19N5OS3/c1-12(24-17(22-23-19(24)26)15-8-5-11-27-15)18(25)20-10-4-9-16-21-13-6-2-3-7-14(13)28-16/h2-3,5-8,11-12H,4,9-10H2,1H3,(H,20,25)(H,23,26). The number of thiophene rings is 1. The molecule has 0 aliphatic rings. The van der Waals surface area contributed by atoms with E-state index >= 15 is 0 Å². The van der Waals surface area contributed by atoms with Crippen LogP contribution in [0.2, 0.25) is 0 Å². The number of H-pyrrole nitrogens is 1. The number of hydrogen-bond acceptors (Lipinski definition) is 6. The molecule has 0 aliphatic heterocycles. The van der Waals surface area contributed by atoms with Crippen molar-refractivity contribution in [3.8, 4) is 10.7 Å². The van der Waals surface area contributed by atoms with Crippen LogP contribution in [0.15, 0.2) is 41.8 Å². The van der Waals surface area contributed by atoms with Crippen LogP contribution in [-0.4, -0.2) is 32.2 Å². The molecule has 28 heavy (non-hydrogen) atoms. The molecular weight excluding hydrogens is 410 g/mol. The molecule has 1 aromatic carbocycles. The van der Waals surface area contributed by atoms with Gasteiger partial charge in [-0.05, 0) is 49.1 Å².